The molecule has 46 heavy (non-hydrogen) atoms. The summed E-state index contributed by atoms with van der Waals surface area (Å²) >= 11 is 0. The Bertz CT molecular complexity index is 1590. The maximum absolute atomic E-state index is 15.0. The van der Waals surface area contributed by atoms with Crippen LogP contribution in [-0.4, -0.2) is 53.3 Å². The molecule has 5 rings (SSSR count). The van der Waals surface area contributed by atoms with Gasteiger partial charge in [0, 0.05) is 66.9 Å². The van der Waals surface area contributed by atoms with E-state index in [9.17, 15) is 14.3 Å². The maximum atomic E-state index is 15.0. The van der Waals surface area contributed by atoms with Gasteiger partial charge in [0.1, 0.15) is 11.6 Å². The first-order valence-electron chi connectivity index (χ1n) is 16.4. The number of carbonyl (C=O) groups is 1. The Morgan fingerprint density at radius 2 is 1.74 bits per heavy atom. The van der Waals surface area contributed by atoms with Crippen molar-refractivity contribution in [3.63, 3.8) is 0 Å². The van der Waals surface area contributed by atoms with Crippen molar-refractivity contribution in [2.45, 2.75) is 99.4 Å². The van der Waals surface area contributed by atoms with Gasteiger partial charge in [-0.1, -0.05) is 32.0 Å². The summed E-state index contributed by atoms with van der Waals surface area (Å²) in [6, 6.07) is 9.92. The molecule has 0 aliphatic carbocycles. The van der Waals surface area contributed by atoms with Gasteiger partial charge in [-0.3, -0.25) is 9.88 Å². The van der Waals surface area contributed by atoms with Crippen LogP contribution in [0.4, 0.5) is 10.1 Å². The molecule has 1 N–H and O–H groups in total. The van der Waals surface area contributed by atoms with E-state index in [0.29, 0.717) is 29.1 Å². The number of ether oxygens (including phenoxy) is 2. The molecule has 1 saturated heterocycles. The number of anilines is 1. The van der Waals surface area contributed by atoms with Crippen LogP contribution in [0.2, 0.25) is 0 Å². The van der Waals surface area contributed by atoms with E-state index in [2.05, 4.69) is 41.8 Å². The topological polar surface area (TPSA) is 75.1 Å². The number of aliphatic carboxylic acids is 1. The molecule has 2 aliphatic heterocycles. The third-order valence-electron chi connectivity index (χ3n) is 9.57. The molecule has 0 saturated carbocycles. The molecule has 0 radical (unpaired) electrons. The highest BCUT2D eigenvalue weighted by atomic mass is 19.1. The molecule has 0 amide bonds. The van der Waals surface area contributed by atoms with Crippen LogP contribution in [0.1, 0.15) is 92.8 Å². The fourth-order valence-electron chi connectivity index (χ4n) is 6.94. The van der Waals surface area contributed by atoms with Crippen LogP contribution in [-0.2, 0) is 29.0 Å². The Balaban J connectivity index is 1.55. The minimum Gasteiger partial charge on any atom is -0.497 e. The number of aryl methyl sites for hydroxylation is 3. The number of carboxylic acid groups (broad SMARTS) is 1. The van der Waals surface area contributed by atoms with Crippen LogP contribution in [0.3, 0.4) is 0 Å². The first kappa shape index (κ1) is 33.9. The van der Waals surface area contributed by atoms with E-state index in [-0.39, 0.29) is 11.2 Å². The SMILES string of the molecule is COc1cc(C)c(CN2CCc3cc(-c4c(C)nc(C)c([C@H](OC(C)(C)C)C(=O)O)c4N4CCC(C)(C)CC4)ccc3C2)c(F)c1. The number of carboxylic acids is 1. The Labute approximate surface area is 273 Å². The fourth-order valence-corrected chi connectivity index (χ4v) is 6.94. The number of piperidine rings is 1. The number of hydrogen-bond acceptors (Lipinski definition) is 6. The van der Waals surface area contributed by atoms with Crippen LogP contribution in [0.5, 0.6) is 5.75 Å². The highest BCUT2D eigenvalue weighted by Gasteiger charge is 2.36. The molecule has 3 heterocycles. The minimum atomic E-state index is -1.15. The van der Waals surface area contributed by atoms with Gasteiger partial charge >= 0.3 is 5.97 Å². The molecule has 1 aromatic heterocycles. The van der Waals surface area contributed by atoms with E-state index >= 15 is 0 Å². The van der Waals surface area contributed by atoms with Gasteiger partial charge < -0.3 is 19.5 Å². The predicted octanol–water partition coefficient (Wildman–Crippen LogP) is 7.95. The van der Waals surface area contributed by atoms with Crippen molar-refractivity contribution in [2.24, 2.45) is 5.41 Å². The van der Waals surface area contributed by atoms with Crippen molar-refractivity contribution in [3.05, 3.63) is 75.4 Å². The Morgan fingerprint density at radius 3 is 2.35 bits per heavy atom. The average molecular weight is 632 g/mol. The van der Waals surface area contributed by atoms with Crippen LogP contribution >= 0.6 is 0 Å². The molecular weight excluding hydrogens is 581 g/mol. The zero-order chi connectivity index (χ0) is 33.6. The number of hydrogen-bond donors (Lipinski definition) is 1. The molecule has 2 aromatic carbocycles. The van der Waals surface area contributed by atoms with Gasteiger partial charge in [-0.25, -0.2) is 9.18 Å². The second-order valence-corrected chi connectivity index (χ2v) is 14.9. The van der Waals surface area contributed by atoms with Gasteiger partial charge in [-0.2, -0.15) is 0 Å². The summed E-state index contributed by atoms with van der Waals surface area (Å²) in [5.41, 5.74) is 8.79. The van der Waals surface area contributed by atoms with Gasteiger partial charge in [0.05, 0.1) is 18.4 Å². The first-order valence-corrected chi connectivity index (χ1v) is 16.4. The van der Waals surface area contributed by atoms with Crippen LogP contribution in [0, 0.1) is 32.0 Å². The number of rotatable bonds is 8. The van der Waals surface area contributed by atoms with E-state index in [1.54, 1.807) is 7.11 Å². The summed E-state index contributed by atoms with van der Waals surface area (Å²) in [6.45, 7) is 19.9. The molecule has 7 nitrogen and oxygen atoms in total. The smallest absolute Gasteiger partial charge is 0.337 e. The average Bonchev–Trinajstić information content (AvgIpc) is 2.97. The number of aromatic nitrogens is 1. The third-order valence-corrected chi connectivity index (χ3v) is 9.57. The number of methoxy groups -OCH3 is 1. The van der Waals surface area contributed by atoms with E-state index in [1.165, 1.54) is 17.2 Å². The summed E-state index contributed by atoms with van der Waals surface area (Å²) in [7, 11) is 1.55. The molecule has 3 aromatic rings. The normalized spacial score (nSPS) is 17.5. The van der Waals surface area contributed by atoms with Gasteiger partial charge in [-0.15, -0.1) is 0 Å². The van der Waals surface area contributed by atoms with Crippen LogP contribution < -0.4 is 9.64 Å². The lowest BCUT2D eigenvalue weighted by atomic mass is 9.81. The number of pyridine rings is 1. The zero-order valence-electron chi connectivity index (χ0n) is 29.0. The van der Waals surface area contributed by atoms with Crippen LogP contribution in [0.15, 0.2) is 30.3 Å². The molecular formula is C38H50FN3O4. The lowest BCUT2D eigenvalue weighted by Gasteiger charge is -2.41. The van der Waals surface area contributed by atoms with Crippen molar-refractivity contribution < 1.29 is 23.8 Å². The van der Waals surface area contributed by atoms with E-state index < -0.39 is 17.7 Å². The second kappa shape index (κ2) is 13.0. The highest BCUT2D eigenvalue weighted by molar-refractivity contribution is 5.88. The molecule has 2 aliphatic rings. The van der Waals surface area contributed by atoms with Crippen LogP contribution in [0.25, 0.3) is 11.1 Å². The monoisotopic (exact) mass is 631 g/mol. The molecule has 0 unspecified atom stereocenters. The van der Waals surface area contributed by atoms with Crippen molar-refractivity contribution in [3.8, 4) is 16.9 Å². The zero-order valence-corrected chi connectivity index (χ0v) is 29.0. The van der Waals surface area contributed by atoms with Gasteiger partial charge in [-0.05, 0) is 94.5 Å². The summed E-state index contributed by atoms with van der Waals surface area (Å²) < 4.78 is 26.4. The summed E-state index contributed by atoms with van der Waals surface area (Å²) in [5, 5.41) is 10.5. The maximum Gasteiger partial charge on any atom is 0.337 e. The molecule has 8 heteroatoms. The quantitative estimate of drug-likeness (QED) is 0.271. The highest BCUT2D eigenvalue weighted by Crippen LogP contribution is 2.45. The lowest BCUT2D eigenvalue weighted by Crippen LogP contribution is -2.39. The van der Waals surface area contributed by atoms with Gasteiger partial charge in [0.2, 0.25) is 0 Å². The number of halogens is 1. The molecule has 1 atom stereocenters. The lowest BCUT2D eigenvalue weighted by molar-refractivity contribution is -0.160. The number of fused-ring (bicyclic) bond motifs is 1. The summed E-state index contributed by atoms with van der Waals surface area (Å²) in [4.78, 5) is 22.4. The molecule has 248 valence electrons. The standard InChI is InChI=1S/C38H50FN3O4/c1-23-18-29(45-9)20-31(39)30(23)22-41-15-12-26-19-27(10-11-28(26)21-41)32-24(2)40-25(3)33(35(36(43)44)46-37(4,5)6)34(32)42-16-13-38(7,8)14-17-42/h10-11,18-20,35H,12-17,21-22H2,1-9H3,(H,43,44)/t35-/m0/s1. The van der Waals surface area contributed by atoms with Crippen molar-refractivity contribution in [2.75, 3.05) is 31.6 Å². The van der Waals surface area contributed by atoms with E-state index in [4.69, 9.17) is 14.5 Å². The Morgan fingerprint density at radius 1 is 1.04 bits per heavy atom. The van der Waals surface area contributed by atoms with Gasteiger partial charge in [0.15, 0.2) is 6.10 Å². The van der Waals surface area contributed by atoms with Crippen molar-refractivity contribution in [1.82, 2.24) is 9.88 Å². The molecule has 0 spiro atoms. The number of nitrogens with zero attached hydrogens (tertiary/aromatic N) is 3. The third kappa shape index (κ3) is 7.23. The largest absolute Gasteiger partial charge is 0.497 e. The first-order chi connectivity index (χ1) is 21.6. The van der Waals surface area contributed by atoms with E-state index in [0.717, 1.165) is 73.5 Å². The molecule has 0 bridgehead atoms. The fraction of sp³-hybridized carbons (Fsp3) is 0.526. The molecule has 1 fully saturated rings. The Hall–Kier alpha value is -3.49. The predicted molar refractivity (Wildman–Crippen MR) is 181 cm³/mol. The summed E-state index contributed by atoms with van der Waals surface area (Å²) in [6.07, 6.45) is 1.71. The van der Waals surface area contributed by atoms with Gasteiger partial charge in [0.25, 0.3) is 0 Å². The van der Waals surface area contributed by atoms with Crippen molar-refractivity contribution >= 4 is 11.7 Å². The minimum absolute atomic E-state index is 0.229. The van der Waals surface area contributed by atoms with E-state index in [1.807, 2.05) is 47.6 Å². The Kier molecular flexibility index (Phi) is 9.54. The van der Waals surface area contributed by atoms with Crippen molar-refractivity contribution in [1.29, 1.82) is 0 Å². The number of benzene rings is 2. The second-order valence-electron chi connectivity index (χ2n) is 14.9. The summed E-state index contributed by atoms with van der Waals surface area (Å²) in [5.74, 6) is -0.714.